The first-order valence-corrected chi connectivity index (χ1v) is 9.66. The highest BCUT2D eigenvalue weighted by Crippen LogP contribution is 2.33. The van der Waals surface area contributed by atoms with Crippen LogP contribution in [0.3, 0.4) is 0 Å². The molecular weight excluding hydrogens is 330 g/mol. The molecule has 1 aromatic rings. The Morgan fingerprint density at radius 1 is 1.29 bits per heavy atom. The lowest BCUT2D eigenvalue weighted by molar-refractivity contribution is -0.913. The third kappa shape index (κ3) is 4.89. The average Bonchev–Trinajstić information content (AvgIpc) is 2.46. The Kier molecular flexibility index (Phi) is 5.46. The van der Waals surface area contributed by atoms with Crippen molar-refractivity contribution in [3.8, 4) is 5.75 Å². The first-order chi connectivity index (χ1) is 11.1. The minimum atomic E-state index is -3.58. The van der Waals surface area contributed by atoms with Crippen LogP contribution in [-0.2, 0) is 10.0 Å². The van der Waals surface area contributed by atoms with E-state index in [-0.39, 0.29) is 28.6 Å². The molecule has 136 valence electrons. The molecule has 9 heteroatoms. The molecule has 1 heterocycles. The minimum Gasteiger partial charge on any atom is -0.506 e. The molecule has 1 saturated heterocycles. The Hall–Kier alpha value is -1.71. The Morgan fingerprint density at radius 2 is 1.92 bits per heavy atom. The van der Waals surface area contributed by atoms with Gasteiger partial charge < -0.3 is 21.1 Å². The van der Waals surface area contributed by atoms with Gasteiger partial charge in [-0.3, -0.25) is 9.62 Å². The molecule has 0 radical (unpaired) electrons. The zero-order valence-electron chi connectivity index (χ0n) is 14.3. The molecule has 0 bridgehead atoms. The molecule has 0 unspecified atom stereocenters. The summed E-state index contributed by atoms with van der Waals surface area (Å²) in [6.07, 6.45) is 0.547. The second-order valence-electron chi connectivity index (χ2n) is 6.87. The molecule has 0 atom stereocenters. The maximum Gasteiger partial charge on any atom is 0.233 e. The van der Waals surface area contributed by atoms with Crippen molar-refractivity contribution in [1.29, 1.82) is 0 Å². The lowest BCUT2D eigenvalue weighted by atomic mass is 10.2. The largest absolute Gasteiger partial charge is 0.506 e. The van der Waals surface area contributed by atoms with E-state index in [1.807, 2.05) is 0 Å². The number of anilines is 3. The van der Waals surface area contributed by atoms with Gasteiger partial charge in [-0.15, -0.1) is 0 Å². The zero-order chi connectivity index (χ0) is 18.0. The molecule has 2 rings (SSSR count). The van der Waals surface area contributed by atoms with E-state index in [0.29, 0.717) is 6.42 Å². The highest BCUT2D eigenvalue weighted by molar-refractivity contribution is 7.92. The summed E-state index contributed by atoms with van der Waals surface area (Å²) in [4.78, 5) is 2.28. The number of nitrogens with zero attached hydrogens (tertiary/aromatic N) is 2. The third-order valence-electron chi connectivity index (χ3n) is 4.58. The Labute approximate surface area is 143 Å². The van der Waals surface area contributed by atoms with E-state index in [0.717, 1.165) is 37.2 Å². The van der Waals surface area contributed by atoms with E-state index in [9.17, 15) is 13.5 Å². The molecule has 1 aliphatic heterocycles. The third-order valence-corrected chi connectivity index (χ3v) is 5.92. The predicted molar refractivity (Wildman–Crippen MR) is 97.2 cm³/mol. The summed E-state index contributed by atoms with van der Waals surface area (Å²) in [5, 5.41) is 9.84. The van der Waals surface area contributed by atoms with Gasteiger partial charge in [0, 0.05) is 31.3 Å². The highest BCUT2D eigenvalue weighted by atomic mass is 32.2. The van der Waals surface area contributed by atoms with Crippen LogP contribution in [0.1, 0.15) is 6.42 Å². The molecule has 0 aromatic heterocycles. The molecule has 0 spiro atoms. The van der Waals surface area contributed by atoms with Crippen molar-refractivity contribution < 1.29 is 18.0 Å². The van der Waals surface area contributed by atoms with Crippen molar-refractivity contribution in [1.82, 2.24) is 4.90 Å². The summed E-state index contributed by atoms with van der Waals surface area (Å²) in [6, 6.07) is 2.68. The molecule has 1 fully saturated rings. The van der Waals surface area contributed by atoms with E-state index in [1.54, 1.807) is 0 Å². The van der Waals surface area contributed by atoms with Crippen LogP contribution in [-0.4, -0.2) is 75.5 Å². The fourth-order valence-corrected chi connectivity index (χ4v) is 4.04. The molecule has 0 saturated carbocycles. The van der Waals surface area contributed by atoms with E-state index < -0.39 is 10.0 Å². The lowest BCUT2D eigenvalue weighted by Crippen LogP contribution is -2.56. The van der Waals surface area contributed by atoms with Crippen LogP contribution in [0.15, 0.2) is 12.1 Å². The van der Waals surface area contributed by atoms with Crippen LogP contribution < -0.4 is 16.2 Å². The van der Waals surface area contributed by atoms with E-state index in [4.69, 9.17) is 11.5 Å². The van der Waals surface area contributed by atoms with Gasteiger partial charge in [-0.2, -0.15) is 0 Å². The number of sulfonamides is 1. The minimum absolute atomic E-state index is 0.0100. The molecule has 0 aliphatic carbocycles. The van der Waals surface area contributed by atoms with E-state index in [2.05, 4.69) is 23.7 Å². The number of nitrogens with one attached hydrogen (secondary N) is 1. The summed E-state index contributed by atoms with van der Waals surface area (Å²) in [6.45, 7) is 4.90. The number of aromatic hydroxyl groups is 1. The van der Waals surface area contributed by atoms with Gasteiger partial charge in [0.1, 0.15) is 11.4 Å². The molecule has 8 nitrogen and oxygen atoms in total. The number of quaternary nitrogens is 1. The summed E-state index contributed by atoms with van der Waals surface area (Å²) >= 11 is 0. The smallest absolute Gasteiger partial charge is 0.233 e. The van der Waals surface area contributed by atoms with Crippen LogP contribution in [0.2, 0.25) is 0 Å². The van der Waals surface area contributed by atoms with Gasteiger partial charge in [0.15, 0.2) is 0 Å². The lowest BCUT2D eigenvalue weighted by Gasteiger charge is -2.41. The van der Waals surface area contributed by atoms with Crippen LogP contribution in [0.4, 0.5) is 17.1 Å². The van der Waals surface area contributed by atoms with Crippen LogP contribution in [0.25, 0.3) is 0 Å². The zero-order valence-corrected chi connectivity index (χ0v) is 15.1. The van der Waals surface area contributed by atoms with Gasteiger partial charge in [0.05, 0.1) is 38.1 Å². The fourth-order valence-electron chi connectivity index (χ4n) is 2.90. The normalized spacial score (nSPS) is 18.4. The van der Waals surface area contributed by atoms with E-state index in [1.165, 1.54) is 12.1 Å². The number of piperazine rings is 1. The van der Waals surface area contributed by atoms with Gasteiger partial charge in [0.2, 0.25) is 10.0 Å². The van der Waals surface area contributed by atoms with Crippen LogP contribution in [0.5, 0.6) is 5.75 Å². The van der Waals surface area contributed by atoms with Gasteiger partial charge in [-0.05, 0) is 13.1 Å². The number of nitrogens with two attached hydrogens (primary N) is 2. The molecule has 24 heavy (non-hydrogen) atoms. The summed E-state index contributed by atoms with van der Waals surface area (Å²) in [5.41, 5.74) is 11.7. The fraction of sp³-hybridized carbons (Fsp3) is 0.600. The Morgan fingerprint density at radius 3 is 2.50 bits per heavy atom. The molecule has 1 aromatic carbocycles. The number of benzene rings is 1. The maximum atomic E-state index is 12.3. The number of nitrogen functional groups attached to an aromatic ring is 2. The SMILES string of the molecule is CN1CC[N+](C)(CCCS(=O)(=O)Nc2c(N)cc(N)cc2O)CC1. The second kappa shape index (κ2) is 7.04. The number of phenols is 1. The van der Waals surface area contributed by atoms with Crippen molar-refractivity contribution >= 4 is 27.1 Å². The maximum absolute atomic E-state index is 12.3. The standard InChI is InChI=1S/C15H27N5O3S/c1-19-4-7-20(2,8-5-19)6-3-9-24(22,23)18-15-13(17)10-12(16)11-14(15)21/h10-11,18H,3-9,16-17H2,1-2H3/p+1. The molecule has 0 amide bonds. The van der Waals surface area contributed by atoms with Gasteiger partial charge in [-0.25, -0.2) is 8.42 Å². The second-order valence-corrected chi connectivity index (χ2v) is 8.71. The molecular formula is C15H28N5O3S+. The number of hydrogen-bond donors (Lipinski definition) is 4. The Bertz CT molecular complexity index is 661. The van der Waals surface area contributed by atoms with Crippen LogP contribution >= 0.6 is 0 Å². The average molecular weight is 358 g/mol. The monoisotopic (exact) mass is 358 g/mol. The summed E-state index contributed by atoms with van der Waals surface area (Å²) in [7, 11) is 0.680. The number of hydrogen-bond acceptors (Lipinski definition) is 6. The van der Waals surface area contributed by atoms with Crippen molar-refractivity contribution in [3.63, 3.8) is 0 Å². The topological polar surface area (TPSA) is 122 Å². The first kappa shape index (κ1) is 18.6. The van der Waals surface area contributed by atoms with Crippen LogP contribution in [0, 0.1) is 0 Å². The number of rotatable bonds is 6. The Balaban J connectivity index is 1.93. The van der Waals surface area contributed by atoms with Gasteiger partial charge >= 0.3 is 0 Å². The number of phenolic OH excluding ortho intramolecular Hbond substituents is 1. The molecule has 1 aliphatic rings. The van der Waals surface area contributed by atoms with Gasteiger partial charge in [0.25, 0.3) is 0 Å². The van der Waals surface area contributed by atoms with Crippen molar-refractivity contribution in [2.24, 2.45) is 0 Å². The number of likely N-dealkylation sites (N-methyl/N-ethyl adjacent to an activating group) is 2. The van der Waals surface area contributed by atoms with Crippen molar-refractivity contribution in [2.75, 3.05) is 68.8 Å². The quantitative estimate of drug-likeness (QED) is 0.325. The van der Waals surface area contributed by atoms with Crippen molar-refractivity contribution in [2.45, 2.75) is 6.42 Å². The summed E-state index contributed by atoms with van der Waals surface area (Å²) in [5.74, 6) is -0.283. The summed E-state index contributed by atoms with van der Waals surface area (Å²) < 4.78 is 27.8. The van der Waals surface area contributed by atoms with Gasteiger partial charge in [-0.1, -0.05) is 0 Å². The predicted octanol–water partition coefficient (Wildman–Crippen LogP) is 0.0804. The first-order valence-electron chi connectivity index (χ1n) is 8.01. The molecule has 6 N–H and O–H groups in total. The van der Waals surface area contributed by atoms with Crippen molar-refractivity contribution in [3.05, 3.63) is 12.1 Å². The highest BCUT2D eigenvalue weighted by Gasteiger charge is 2.27. The van der Waals surface area contributed by atoms with E-state index >= 15 is 0 Å².